The SMILES string of the molecule is COc1cc(OC)cc(C(=O)NN=Cc2ccc(-c3ccc(Cl)c([N+](=O)[O-])c3)o2)c1. The number of hydrogen-bond donors (Lipinski definition) is 1. The van der Waals surface area contributed by atoms with E-state index in [-0.39, 0.29) is 10.7 Å². The molecular formula is C20H16ClN3O6. The molecule has 0 aliphatic rings. The number of benzene rings is 2. The molecule has 0 aliphatic heterocycles. The van der Waals surface area contributed by atoms with Crippen molar-refractivity contribution in [1.82, 2.24) is 5.43 Å². The summed E-state index contributed by atoms with van der Waals surface area (Å²) < 4.78 is 15.9. The molecule has 10 heteroatoms. The standard InChI is InChI=1S/C20H16ClN3O6/c1-28-15-7-13(8-16(10-15)29-2)20(25)23-22-11-14-4-6-19(30-14)12-3-5-17(21)18(9-12)24(26)27/h3-11H,1-2H3,(H,23,25). The molecule has 1 aromatic heterocycles. The van der Waals surface area contributed by atoms with Gasteiger partial charge in [-0.2, -0.15) is 5.10 Å². The third-order valence-corrected chi connectivity index (χ3v) is 4.35. The number of ether oxygens (including phenoxy) is 2. The summed E-state index contributed by atoms with van der Waals surface area (Å²) in [5.41, 5.74) is 2.95. The van der Waals surface area contributed by atoms with Gasteiger partial charge in [-0.05, 0) is 36.4 Å². The van der Waals surface area contributed by atoms with Gasteiger partial charge in [0.25, 0.3) is 11.6 Å². The van der Waals surface area contributed by atoms with Crippen molar-refractivity contribution in [3.05, 3.63) is 75.0 Å². The minimum absolute atomic E-state index is 0.0361. The topological polar surface area (TPSA) is 116 Å². The summed E-state index contributed by atoms with van der Waals surface area (Å²) in [6.45, 7) is 0. The number of nitro benzene ring substituents is 1. The third-order valence-electron chi connectivity index (χ3n) is 4.03. The second-order valence-electron chi connectivity index (χ2n) is 5.93. The Balaban J connectivity index is 1.71. The first-order valence-electron chi connectivity index (χ1n) is 8.52. The molecule has 0 saturated heterocycles. The highest BCUT2D eigenvalue weighted by atomic mass is 35.5. The minimum atomic E-state index is -0.569. The first-order valence-corrected chi connectivity index (χ1v) is 8.89. The lowest BCUT2D eigenvalue weighted by Gasteiger charge is -2.07. The van der Waals surface area contributed by atoms with Gasteiger partial charge in [-0.1, -0.05) is 11.6 Å². The molecule has 0 bridgehead atoms. The van der Waals surface area contributed by atoms with Crippen molar-refractivity contribution in [3.63, 3.8) is 0 Å². The van der Waals surface area contributed by atoms with Crippen molar-refractivity contribution in [1.29, 1.82) is 0 Å². The van der Waals surface area contributed by atoms with Crippen LogP contribution in [0.3, 0.4) is 0 Å². The molecular weight excluding hydrogens is 414 g/mol. The highest BCUT2D eigenvalue weighted by Crippen LogP contribution is 2.31. The number of nitrogens with zero attached hydrogens (tertiary/aromatic N) is 2. The first-order chi connectivity index (χ1) is 14.4. The summed E-state index contributed by atoms with van der Waals surface area (Å²) >= 11 is 5.82. The quantitative estimate of drug-likeness (QED) is 0.340. The highest BCUT2D eigenvalue weighted by Gasteiger charge is 2.15. The van der Waals surface area contributed by atoms with Crippen molar-refractivity contribution in [3.8, 4) is 22.8 Å². The Morgan fingerprint density at radius 2 is 1.83 bits per heavy atom. The van der Waals surface area contributed by atoms with Crippen LogP contribution in [0, 0.1) is 10.1 Å². The van der Waals surface area contributed by atoms with Gasteiger partial charge in [0.1, 0.15) is 28.0 Å². The molecule has 0 fully saturated rings. The fraction of sp³-hybridized carbons (Fsp3) is 0.100. The fourth-order valence-corrected chi connectivity index (χ4v) is 2.73. The van der Waals surface area contributed by atoms with E-state index in [4.69, 9.17) is 25.5 Å². The van der Waals surface area contributed by atoms with Crippen molar-refractivity contribution < 1.29 is 23.6 Å². The number of carbonyl (C=O) groups excluding carboxylic acids is 1. The molecule has 0 atom stereocenters. The van der Waals surface area contributed by atoms with Crippen LogP contribution >= 0.6 is 11.6 Å². The smallest absolute Gasteiger partial charge is 0.288 e. The first kappa shape index (κ1) is 20.9. The van der Waals surface area contributed by atoms with E-state index in [2.05, 4.69) is 10.5 Å². The summed E-state index contributed by atoms with van der Waals surface area (Å²) in [5.74, 6) is 1.20. The molecule has 154 valence electrons. The zero-order chi connectivity index (χ0) is 21.7. The van der Waals surface area contributed by atoms with Crippen LogP contribution in [0.4, 0.5) is 5.69 Å². The number of nitrogens with one attached hydrogen (secondary N) is 1. The minimum Gasteiger partial charge on any atom is -0.497 e. The number of amides is 1. The lowest BCUT2D eigenvalue weighted by atomic mass is 10.1. The number of hydrazone groups is 1. The molecule has 0 aliphatic carbocycles. The van der Waals surface area contributed by atoms with Crippen molar-refractivity contribution in [2.45, 2.75) is 0 Å². The second-order valence-corrected chi connectivity index (χ2v) is 6.33. The van der Waals surface area contributed by atoms with Crippen LogP contribution in [0.2, 0.25) is 5.02 Å². The normalized spacial score (nSPS) is 10.8. The van der Waals surface area contributed by atoms with Crippen LogP contribution in [-0.2, 0) is 0 Å². The van der Waals surface area contributed by atoms with Crippen LogP contribution in [-0.4, -0.2) is 31.3 Å². The maximum atomic E-state index is 12.3. The zero-order valence-electron chi connectivity index (χ0n) is 15.9. The van der Waals surface area contributed by atoms with Gasteiger partial charge in [0.15, 0.2) is 0 Å². The molecule has 1 amide bonds. The number of hydrogen-bond acceptors (Lipinski definition) is 7. The summed E-state index contributed by atoms with van der Waals surface area (Å²) in [6.07, 6.45) is 1.31. The largest absolute Gasteiger partial charge is 0.497 e. The van der Waals surface area contributed by atoms with E-state index in [1.807, 2.05) is 0 Å². The van der Waals surface area contributed by atoms with Gasteiger partial charge >= 0.3 is 0 Å². The third kappa shape index (κ3) is 4.76. The van der Waals surface area contributed by atoms with Crippen LogP contribution in [0.1, 0.15) is 16.1 Å². The van der Waals surface area contributed by atoms with Crippen LogP contribution < -0.4 is 14.9 Å². The molecule has 3 rings (SSSR count). The molecule has 3 aromatic rings. The summed E-state index contributed by atoms with van der Waals surface area (Å²) in [6, 6.07) is 12.3. The van der Waals surface area contributed by atoms with Gasteiger partial charge in [-0.25, -0.2) is 5.43 Å². The van der Waals surface area contributed by atoms with Crippen LogP contribution in [0.5, 0.6) is 11.5 Å². The Morgan fingerprint density at radius 3 is 2.47 bits per heavy atom. The average molecular weight is 430 g/mol. The van der Waals surface area contributed by atoms with Gasteiger partial charge in [0, 0.05) is 23.3 Å². The van der Waals surface area contributed by atoms with E-state index in [9.17, 15) is 14.9 Å². The van der Waals surface area contributed by atoms with Gasteiger partial charge in [0.2, 0.25) is 0 Å². The molecule has 0 unspecified atom stereocenters. The Hall–Kier alpha value is -3.85. The predicted molar refractivity (Wildman–Crippen MR) is 110 cm³/mol. The van der Waals surface area contributed by atoms with E-state index in [1.165, 1.54) is 32.6 Å². The molecule has 1 N–H and O–H groups in total. The summed E-state index contributed by atoms with van der Waals surface area (Å²) in [5, 5.41) is 14.9. The summed E-state index contributed by atoms with van der Waals surface area (Å²) in [7, 11) is 2.97. The van der Waals surface area contributed by atoms with Gasteiger partial charge in [-0.15, -0.1) is 0 Å². The maximum Gasteiger partial charge on any atom is 0.288 e. The Morgan fingerprint density at radius 1 is 1.13 bits per heavy atom. The number of carbonyl (C=O) groups is 1. The molecule has 1 heterocycles. The molecule has 2 aromatic carbocycles. The van der Waals surface area contributed by atoms with E-state index in [0.717, 1.165) is 0 Å². The highest BCUT2D eigenvalue weighted by molar-refractivity contribution is 6.32. The maximum absolute atomic E-state index is 12.3. The van der Waals surface area contributed by atoms with Crippen molar-refractivity contribution in [2.75, 3.05) is 14.2 Å². The van der Waals surface area contributed by atoms with E-state index < -0.39 is 10.8 Å². The average Bonchev–Trinajstić information content (AvgIpc) is 3.22. The summed E-state index contributed by atoms with van der Waals surface area (Å²) in [4.78, 5) is 22.7. The number of halogens is 1. The molecule has 9 nitrogen and oxygen atoms in total. The Bertz CT molecular complexity index is 1100. The monoisotopic (exact) mass is 429 g/mol. The number of nitro groups is 1. The second kappa shape index (κ2) is 9.10. The van der Waals surface area contributed by atoms with Gasteiger partial charge in [0.05, 0.1) is 25.4 Å². The predicted octanol–water partition coefficient (Wildman–Crippen LogP) is 4.29. The van der Waals surface area contributed by atoms with Crippen LogP contribution in [0.25, 0.3) is 11.3 Å². The fourth-order valence-electron chi connectivity index (χ4n) is 2.54. The van der Waals surface area contributed by atoms with Crippen LogP contribution in [0.15, 0.2) is 58.0 Å². The number of furan rings is 1. The Kier molecular flexibility index (Phi) is 6.33. The van der Waals surface area contributed by atoms with Gasteiger partial charge < -0.3 is 13.9 Å². The van der Waals surface area contributed by atoms with E-state index in [1.54, 1.807) is 36.4 Å². The lowest BCUT2D eigenvalue weighted by molar-refractivity contribution is -0.384. The van der Waals surface area contributed by atoms with E-state index in [0.29, 0.717) is 34.1 Å². The number of methoxy groups -OCH3 is 2. The van der Waals surface area contributed by atoms with E-state index >= 15 is 0 Å². The van der Waals surface area contributed by atoms with Crippen molar-refractivity contribution in [2.24, 2.45) is 5.10 Å². The van der Waals surface area contributed by atoms with Gasteiger partial charge in [-0.3, -0.25) is 14.9 Å². The lowest BCUT2D eigenvalue weighted by Crippen LogP contribution is -2.17. The number of rotatable bonds is 7. The molecule has 0 saturated carbocycles. The molecule has 0 spiro atoms. The zero-order valence-corrected chi connectivity index (χ0v) is 16.7. The molecule has 0 radical (unpaired) electrons. The van der Waals surface area contributed by atoms with Crippen molar-refractivity contribution >= 4 is 29.4 Å². The Labute approximate surface area is 176 Å². The molecule has 30 heavy (non-hydrogen) atoms.